The molecule has 0 saturated heterocycles. The molecule has 0 atom stereocenters. The predicted molar refractivity (Wildman–Crippen MR) is 75.2 cm³/mol. The summed E-state index contributed by atoms with van der Waals surface area (Å²) in [5, 5.41) is 0.483. The second-order valence-corrected chi connectivity index (χ2v) is 4.79. The summed E-state index contributed by atoms with van der Waals surface area (Å²) in [6.07, 6.45) is 0. The fourth-order valence-electron chi connectivity index (χ4n) is 1.89. The van der Waals surface area contributed by atoms with Crippen LogP contribution in [0.3, 0.4) is 0 Å². The first-order valence-electron chi connectivity index (χ1n) is 5.66. The summed E-state index contributed by atoms with van der Waals surface area (Å²) in [4.78, 5) is 12.4. The minimum atomic E-state index is -0.0718. The van der Waals surface area contributed by atoms with Crippen LogP contribution >= 0.6 is 11.6 Å². The molecule has 0 aromatic heterocycles. The Balaban J connectivity index is 2.48. The Morgan fingerprint density at radius 1 is 1.06 bits per heavy atom. The molecule has 0 saturated carbocycles. The Kier molecular flexibility index (Phi) is 3.39. The lowest BCUT2D eigenvalue weighted by atomic mass is 9.98. The van der Waals surface area contributed by atoms with Gasteiger partial charge in [-0.05, 0) is 55.3 Å². The molecule has 2 nitrogen and oxygen atoms in total. The molecule has 0 aliphatic carbocycles. The van der Waals surface area contributed by atoms with Crippen molar-refractivity contribution in [3.05, 3.63) is 63.7 Å². The Hall–Kier alpha value is -1.80. The first-order chi connectivity index (χ1) is 8.49. The van der Waals surface area contributed by atoms with Gasteiger partial charge >= 0.3 is 0 Å². The van der Waals surface area contributed by atoms with Gasteiger partial charge in [-0.3, -0.25) is 4.79 Å². The lowest BCUT2D eigenvalue weighted by Crippen LogP contribution is -2.05. The second kappa shape index (κ2) is 4.83. The number of rotatable bonds is 2. The quantitative estimate of drug-likeness (QED) is 0.659. The van der Waals surface area contributed by atoms with E-state index in [1.165, 1.54) is 0 Å². The zero-order valence-electron chi connectivity index (χ0n) is 10.3. The molecule has 0 amide bonds. The van der Waals surface area contributed by atoms with Gasteiger partial charge in [0.15, 0.2) is 5.78 Å². The number of aryl methyl sites for hydroxylation is 2. The maximum Gasteiger partial charge on any atom is 0.194 e. The highest BCUT2D eigenvalue weighted by atomic mass is 35.5. The van der Waals surface area contributed by atoms with E-state index in [1.54, 1.807) is 30.3 Å². The van der Waals surface area contributed by atoms with E-state index in [0.717, 1.165) is 11.1 Å². The van der Waals surface area contributed by atoms with Crippen molar-refractivity contribution in [1.29, 1.82) is 0 Å². The summed E-state index contributed by atoms with van der Waals surface area (Å²) >= 11 is 6.11. The molecule has 0 bridgehead atoms. The Morgan fingerprint density at radius 2 is 1.72 bits per heavy atom. The van der Waals surface area contributed by atoms with Gasteiger partial charge in [0.05, 0.1) is 5.02 Å². The largest absolute Gasteiger partial charge is 0.399 e. The van der Waals surface area contributed by atoms with Crippen molar-refractivity contribution in [3.63, 3.8) is 0 Å². The summed E-state index contributed by atoms with van der Waals surface area (Å²) in [6.45, 7) is 3.81. The first kappa shape index (κ1) is 12.7. The molecule has 2 aromatic carbocycles. The van der Waals surface area contributed by atoms with Crippen molar-refractivity contribution in [2.75, 3.05) is 5.73 Å². The number of hydrogen-bond donors (Lipinski definition) is 1. The SMILES string of the molecule is Cc1ccc(C(=O)c2ccc(N)cc2C)c(Cl)c1. The number of nitrogen functional groups attached to an aromatic ring is 1. The zero-order chi connectivity index (χ0) is 13.3. The molecule has 0 radical (unpaired) electrons. The van der Waals surface area contributed by atoms with Crippen molar-refractivity contribution in [2.24, 2.45) is 0 Å². The third kappa shape index (κ3) is 2.39. The van der Waals surface area contributed by atoms with Crippen molar-refractivity contribution >= 4 is 23.1 Å². The van der Waals surface area contributed by atoms with Gasteiger partial charge in [-0.25, -0.2) is 0 Å². The van der Waals surface area contributed by atoms with Crippen LogP contribution in [0.4, 0.5) is 5.69 Å². The number of carbonyl (C=O) groups is 1. The standard InChI is InChI=1S/C15H14ClNO/c1-9-3-5-13(14(16)7-9)15(18)12-6-4-11(17)8-10(12)2/h3-8H,17H2,1-2H3. The molecular formula is C15H14ClNO. The third-order valence-corrected chi connectivity index (χ3v) is 3.18. The summed E-state index contributed by atoms with van der Waals surface area (Å²) < 4.78 is 0. The summed E-state index contributed by atoms with van der Waals surface area (Å²) in [5.74, 6) is -0.0718. The molecule has 2 aromatic rings. The van der Waals surface area contributed by atoms with Gasteiger partial charge in [-0.1, -0.05) is 17.7 Å². The molecule has 2 N–H and O–H groups in total. The highest BCUT2D eigenvalue weighted by molar-refractivity contribution is 6.35. The molecule has 0 unspecified atom stereocenters. The minimum absolute atomic E-state index is 0.0718. The van der Waals surface area contributed by atoms with Gasteiger partial charge in [0.25, 0.3) is 0 Å². The van der Waals surface area contributed by atoms with Crippen LogP contribution in [0.2, 0.25) is 5.02 Å². The number of hydrogen-bond acceptors (Lipinski definition) is 2. The lowest BCUT2D eigenvalue weighted by molar-refractivity contribution is 0.103. The van der Waals surface area contributed by atoms with Crippen molar-refractivity contribution in [2.45, 2.75) is 13.8 Å². The number of nitrogens with two attached hydrogens (primary N) is 1. The lowest BCUT2D eigenvalue weighted by Gasteiger charge is -2.08. The predicted octanol–water partition coefficient (Wildman–Crippen LogP) is 3.77. The van der Waals surface area contributed by atoms with Gasteiger partial charge < -0.3 is 5.73 Å². The normalized spacial score (nSPS) is 10.4. The Morgan fingerprint density at radius 3 is 2.33 bits per heavy atom. The second-order valence-electron chi connectivity index (χ2n) is 4.39. The molecule has 0 spiro atoms. The summed E-state index contributed by atoms with van der Waals surface area (Å²) in [7, 11) is 0. The molecule has 0 fully saturated rings. The van der Waals surface area contributed by atoms with E-state index in [1.807, 2.05) is 19.9 Å². The number of benzene rings is 2. The van der Waals surface area contributed by atoms with Crippen LogP contribution in [-0.2, 0) is 0 Å². The van der Waals surface area contributed by atoms with E-state index >= 15 is 0 Å². The Labute approximate surface area is 111 Å². The van der Waals surface area contributed by atoms with Crippen LogP contribution in [0.15, 0.2) is 36.4 Å². The fraction of sp³-hybridized carbons (Fsp3) is 0.133. The monoisotopic (exact) mass is 259 g/mol. The molecule has 0 heterocycles. The molecule has 0 aliphatic heterocycles. The molecule has 3 heteroatoms. The molecule has 0 aliphatic rings. The van der Waals surface area contributed by atoms with E-state index in [2.05, 4.69) is 0 Å². The van der Waals surface area contributed by atoms with Crippen LogP contribution in [0.1, 0.15) is 27.0 Å². The average Bonchev–Trinajstić information content (AvgIpc) is 2.28. The first-order valence-corrected chi connectivity index (χ1v) is 6.04. The smallest absolute Gasteiger partial charge is 0.194 e. The topological polar surface area (TPSA) is 43.1 Å². The number of halogens is 1. The van der Waals surface area contributed by atoms with Crippen LogP contribution < -0.4 is 5.73 Å². The van der Waals surface area contributed by atoms with Crippen molar-refractivity contribution in [1.82, 2.24) is 0 Å². The van der Waals surface area contributed by atoms with Gasteiger partial charge in [-0.2, -0.15) is 0 Å². The fourth-order valence-corrected chi connectivity index (χ4v) is 2.21. The number of carbonyl (C=O) groups excluding carboxylic acids is 1. The van der Waals surface area contributed by atoms with E-state index < -0.39 is 0 Å². The maximum atomic E-state index is 12.4. The third-order valence-electron chi connectivity index (χ3n) is 2.86. The van der Waals surface area contributed by atoms with E-state index in [0.29, 0.717) is 21.8 Å². The van der Waals surface area contributed by atoms with Gasteiger partial charge in [0.2, 0.25) is 0 Å². The summed E-state index contributed by atoms with van der Waals surface area (Å²) in [5.41, 5.74) is 9.38. The maximum absolute atomic E-state index is 12.4. The van der Waals surface area contributed by atoms with E-state index in [9.17, 15) is 4.79 Å². The van der Waals surface area contributed by atoms with Crippen molar-refractivity contribution in [3.8, 4) is 0 Å². The summed E-state index contributed by atoms with van der Waals surface area (Å²) in [6, 6.07) is 10.7. The van der Waals surface area contributed by atoms with Gasteiger partial charge in [0, 0.05) is 16.8 Å². The van der Waals surface area contributed by atoms with E-state index in [4.69, 9.17) is 17.3 Å². The van der Waals surface area contributed by atoms with Gasteiger partial charge in [-0.15, -0.1) is 0 Å². The van der Waals surface area contributed by atoms with E-state index in [-0.39, 0.29) is 5.78 Å². The molecule has 18 heavy (non-hydrogen) atoms. The molecular weight excluding hydrogens is 246 g/mol. The number of ketones is 1. The minimum Gasteiger partial charge on any atom is -0.399 e. The van der Waals surface area contributed by atoms with Gasteiger partial charge in [0.1, 0.15) is 0 Å². The molecule has 2 rings (SSSR count). The van der Waals surface area contributed by atoms with Crippen LogP contribution in [0, 0.1) is 13.8 Å². The molecule has 92 valence electrons. The van der Waals surface area contributed by atoms with Crippen LogP contribution in [0.25, 0.3) is 0 Å². The van der Waals surface area contributed by atoms with Crippen LogP contribution in [-0.4, -0.2) is 5.78 Å². The Bertz CT molecular complexity index is 566. The average molecular weight is 260 g/mol. The highest BCUT2D eigenvalue weighted by Crippen LogP contribution is 2.23. The zero-order valence-corrected chi connectivity index (χ0v) is 11.1. The van der Waals surface area contributed by atoms with Crippen LogP contribution in [0.5, 0.6) is 0 Å². The van der Waals surface area contributed by atoms with Crippen molar-refractivity contribution < 1.29 is 4.79 Å². The number of anilines is 1. The highest BCUT2D eigenvalue weighted by Gasteiger charge is 2.14.